The number of amides is 2. The lowest BCUT2D eigenvalue weighted by atomic mass is 9.93. The highest BCUT2D eigenvalue weighted by atomic mass is 32.2. The maximum Gasteiger partial charge on any atom is 0.220 e. The number of nitrogens with two attached hydrogens (primary N) is 1. The average molecular weight is 387 g/mol. The zero-order valence-electron chi connectivity index (χ0n) is 15.8. The fourth-order valence-corrected chi connectivity index (χ4v) is 2.67. The van der Waals surface area contributed by atoms with Crippen LogP contribution in [0.2, 0.25) is 0 Å². The number of carbonyl (C=O) groups excluding carboxylic acids is 5. The molecule has 3 N–H and O–H groups in total. The molecule has 2 atom stereocenters. The first-order valence-electron chi connectivity index (χ1n) is 8.88. The average Bonchev–Trinajstić information content (AvgIpc) is 2.56. The predicted molar refractivity (Wildman–Crippen MR) is 101 cm³/mol. The van der Waals surface area contributed by atoms with Crippen LogP contribution in [0.3, 0.4) is 0 Å². The highest BCUT2D eigenvalue weighted by Gasteiger charge is 2.24. The monoisotopic (exact) mass is 386 g/mol. The number of primary amides is 1. The zero-order chi connectivity index (χ0) is 20.1. The van der Waals surface area contributed by atoms with Gasteiger partial charge in [-0.1, -0.05) is 32.0 Å². The van der Waals surface area contributed by atoms with Crippen LogP contribution in [0.5, 0.6) is 0 Å². The van der Waals surface area contributed by atoms with Gasteiger partial charge in [0.25, 0.3) is 0 Å². The number of carbonyl (C=O) groups is 5. The van der Waals surface area contributed by atoms with Crippen LogP contribution in [0.4, 0.5) is 0 Å². The van der Waals surface area contributed by atoms with Crippen molar-refractivity contribution in [2.75, 3.05) is 6.26 Å². The second-order valence-electron chi connectivity index (χ2n) is 6.50. The second kappa shape index (κ2) is 13.5. The predicted octanol–water partition coefficient (Wildman–Crippen LogP) is 1.76. The smallest absolute Gasteiger partial charge is 0.220 e. The van der Waals surface area contributed by atoms with E-state index in [2.05, 4.69) is 5.32 Å². The van der Waals surface area contributed by atoms with Crippen LogP contribution in [0, 0.1) is 5.92 Å². The first-order chi connectivity index (χ1) is 12.2. The summed E-state index contributed by atoms with van der Waals surface area (Å²) in [6.45, 7) is 3.77. The van der Waals surface area contributed by atoms with E-state index in [-0.39, 0.29) is 54.2 Å². The van der Waals surface area contributed by atoms with Crippen molar-refractivity contribution in [1.29, 1.82) is 0 Å². The Hall–Kier alpha value is -1.70. The van der Waals surface area contributed by atoms with Gasteiger partial charge in [-0.25, -0.2) is 0 Å². The minimum absolute atomic E-state index is 0.0976. The van der Waals surface area contributed by atoms with Gasteiger partial charge in [-0.2, -0.15) is 0 Å². The van der Waals surface area contributed by atoms with E-state index in [1.165, 1.54) is 0 Å². The van der Waals surface area contributed by atoms with Gasteiger partial charge < -0.3 is 11.1 Å². The molecule has 0 unspecified atom stereocenters. The fraction of sp³-hybridized carbons (Fsp3) is 0.722. The van der Waals surface area contributed by atoms with E-state index in [1.54, 1.807) is 6.26 Å². The molecule has 0 aromatic heterocycles. The Labute approximate surface area is 159 Å². The van der Waals surface area contributed by atoms with Crippen molar-refractivity contribution in [1.82, 2.24) is 5.32 Å². The molecule has 0 aromatic rings. The molecule has 0 saturated carbocycles. The molecule has 7 nitrogen and oxygen atoms in total. The lowest BCUT2D eigenvalue weighted by Gasteiger charge is -2.18. The number of Topliss-reactive ketones (excluding diaryl/α,β-unsaturated/α-hetero) is 2. The zero-order valence-corrected chi connectivity index (χ0v) is 16.7. The SMILES string of the molecule is CCCCC(=O)N[C@H](CC(N)=O)C(=O)C[C@@H](C)CCC(=O)CC(=O)SC. The molecule has 0 aliphatic carbocycles. The van der Waals surface area contributed by atoms with E-state index in [9.17, 15) is 24.0 Å². The van der Waals surface area contributed by atoms with Gasteiger partial charge >= 0.3 is 0 Å². The first-order valence-corrected chi connectivity index (χ1v) is 10.1. The quantitative estimate of drug-likeness (QED) is 0.438. The Morgan fingerprint density at radius 2 is 1.73 bits per heavy atom. The molecule has 0 rings (SSSR count). The molecule has 0 bridgehead atoms. The molecule has 0 saturated heterocycles. The topological polar surface area (TPSA) is 123 Å². The molecule has 0 fully saturated rings. The molecule has 0 radical (unpaired) electrons. The van der Waals surface area contributed by atoms with Crippen molar-refractivity contribution < 1.29 is 24.0 Å². The summed E-state index contributed by atoms with van der Waals surface area (Å²) in [4.78, 5) is 58.3. The summed E-state index contributed by atoms with van der Waals surface area (Å²) in [5, 5.41) is 2.41. The van der Waals surface area contributed by atoms with Crippen LogP contribution in [-0.4, -0.2) is 40.8 Å². The third-order valence-corrected chi connectivity index (χ3v) is 4.52. The van der Waals surface area contributed by atoms with E-state index in [0.717, 1.165) is 18.2 Å². The normalized spacial score (nSPS) is 12.9. The van der Waals surface area contributed by atoms with Gasteiger partial charge in [0, 0.05) is 19.3 Å². The van der Waals surface area contributed by atoms with Crippen LogP contribution in [0.15, 0.2) is 0 Å². The standard InChI is InChI=1S/C18H30N2O5S/c1-4-5-6-17(24)20-14(11-16(19)23)15(22)9-12(2)7-8-13(21)10-18(25)26-3/h12,14H,4-11H2,1-3H3,(H2,19,23)(H,20,24)/t12-,14+/m0/s1. The summed E-state index contributed by atoms with van der Waals surface area (Å²) in [6, 6.07) is -0.923. The summed E-state index contributed by atoms with van der Waals surface area (Å²) in [5.74, 6) is -1.44. The number of rotatable bonds is 14. The summed E-state index contributed by atoms with van der Waals surface area (Å²) in [5.41, 5.74) is 5.17. The lowest BCUT2D eigenvalue weighted by Crippen LogP contribution is -2.43. The van der Waals surface area contributed by atoms with Gasteiger partial charge in [-0.3, -0.25) is 24.0 Å². The van der Waals surface area contributed by atoms with Crippen molar-refractivity contribution >= 4 is 40.3 Å². The van der Waals surface area contributed by atoms with Crippen molar-refractivity contribution in [3.63, 3.8) is 0 Å². The minimum atomic E-state index is -0.923. The maximum atomic E-state index is 12.4. The molecular formula is C18H30N2O5S. The van der Waals surface area contributed by atoms with Crippen molar-refractivity contribution in [3.8, 4) is 0 Å². The minimum Gasteiger partial charge on any atom is -0.370 e. The fourth-order valence-electron chi connectivity index (χ4n) is 2.37. The van der Waals surface area contributed by atoms with E-state index in [0.29, 0.717) is 19.3 Å². The maximum absolute atomic E-state index is 12.4. The van der Waals surface area contributed by atoms with Gasteiger partial charge in [-0.05, 0) is 25.0 Å². The van der Waals surface area contributed by atoms with Crippen molar-refractivity contribution in [3.05, 3.63) is 0 Å². The lowest BCUT2D eigenvalue weighted by molar-refractivity contribution is -0.130. The number of nitrogens with one attached hydrogen (secondary N) is 1. The number of hydrogen-bond acceptors (Lipinski definition) is 6. The molecule has 0 heterocycles. The Morgan fingerprint density at radius 3 is 2.27 bits per heavy atom. The van der Waals surface area contributed by atoms with E-state index in [4.69, 9.17) is 5.73 Å². The van der Waals surface area contributed by atoms with E-state index < -0.39 is 11.9 Å². The van der Waals surface area contributed by atoms with Gasteiger partial charge in [-0.15, -0.1) is 0 Å². The van der Waals surface area contributed by atoms with Crippen molar-refractivity contribution in [2.45, 2.75) is 71.3 Å². The largest absolute Gasteiger partial charge is 0.370 e. The summed E-state index contributed by atoms with van der Waals surface area (Å²) >= 11 is 1.02. The Bertz CT molecular complexity index is 522. The number of hydrogen-bond donors (Lipinski definition) is 2. The molecular weight excluding hydrogens is 356 g/mol. The van der Waals surface area contributed by atoms with Crippen LogP contribution in [0.1, 0.15) is 65.2 Å². The molecule has 8 heteroatoms. The highest BCUT2D eigenvalue weighted by molar-refractivity contribution is 8.13. The van der Waals surface area contributed by atoms with E-state index in [1.807, 2.05) is 13.8 Å². The molecule has 0 aromatic carbocycles. The Balaban J connectivity index is 4.52. The number of thioether (sulfide) groups is 1. The molecule has 0 spiro atoms. The summed E-state index contributed by atoms with van der Waals surface area (Å²) in [7, 11) is 0. The van der Waals surface area contributed by atoms with E-state index >= 15 is 0 Å². The molecule has 0 aliphatic heterocycles. The molecule has 148 valence electrons. The first kappa shape index (κ1) is 24.3. The second-order valence-corrected chi connectivity index (χ2v) is 7.36. The van der Waals surface area contributed by atoms with Crippen LogP contribution < -0.4 is 11.1 Å². The Kier molecular flexibility index (Phi) is 12.6. The summed E-state index contributed by atoms with van der Waals surface area (Å²) in [6.07, 6.45) is 3.99. The van der Waals surface area contributed by atoms with Gasteiger partial charge in [0.2, 0.25) is 11.8 Å². The third kappa shape index (κ3) is 11.8. The molecule has 0 aliphatic rings. The van der Waals surface area contributed by atoms with Crippen molar-refractivity contribution in [2.24, 2.45) is 11.7 Å². The van der Waals surface area contributed by atoms with Gasteiger partial charge in [0.1, 0.15) is 5.78 Å². The van der Waals surface area contributed by atoms with Crippen LogP contribution >= 0.6 is 11.8 Å². The molecule has 2 amide bonds. The van der Waals surface area contributed by atoms with Gasteiger partial charge in [0.15, 0.2) is 10.9 Å². The van der Waals surface area contributed by atoms with Crippen LogP contribution in [-0.2, 0) is 24.0 Å². The van der Waals surface area contributed by atoms with Gasteiger partial charge in [0.05, 0.1) is 18.9 Å². The Morgan fingerprint density at radius 1 is 1.08 bits per heavy atom. The third-order valence-electron chi connectivity index (χ3n) is 3.92. The highest BCUT2D eigenvalue weighted by Crippen LogP contribution is 2.15. The molecule has 26 heavy (non-hydrogen) atoms. The number of ketones is 2. The number of unbranched alkanes of at least 4 members (excludes halogenated alkanes) is 1. The summed E-state index contributed by atoms with van der Waals surface area (Å²) < 4.78 is 0. The van der Waals surface area contributed by atoms with Crippen LogP contribution in [0.25, 0.3) is 0 Å².